The molecule has 4 rings (SSSR count). The third-order valence-electron chi connectivity index (χ3n) is 4.67. The van der Waals surface area contributed by atoms with Gasteiger partial charge in [0.15, 0.2) is 0 Å². The highest BCUT2D eigenvalue weighted by molar-refractivity contribution is 5.82. The predicted molar refractivity (Wildman–Crippen MR) is 89.6 cm³/mol. The summed E-state index contributed by atoms with van der Waals surface area (Å²) >= 11 is 0. The molecule has 0 fully saturated rings. The molecule has 102 valence electrons. The second-order valence-electron chi connectivity index (χ2n) is 5.93. The molecule has 0 amide bonds. The van der Waals surface area contributed by atoms with Crippen LogP contribution in [0.4, 0.5) is 0 Å². The molecule has 1 aliphatic rings. The van der Waals surface area contributed by atoms with Crippen molar-refractivity contribution in [3.05, 3.63) is 83.4 Å². The molecular formula is C21H18. The van der Waals surface area contributed by atoms with Crippen molar-refractivity contribution in [2.75, 3.05) is 0 Å². The molecule has 21 heavy (non-hydrogen) atoms. The van der Waals surface area contributed by atoms with Crippen molar-refractivity contribution >= 4 is 0 Å². The van der Waals surface area contributed by atoms with E-state index in [9.17, 15) is 0 Å². The Kier molecular flexibility index (Phi) is 2.71. The molecule has 1 atom stereocenters. The lowest BCUT2D eigenvalue weighted by atomic mass is 9.94. The smallest absolute Gasteiger partial charge is 0.00761 e. The Balaban J connectivity index is 1.90. The van der Waals surface area contributed by atoms with Gasteiger partial charge in [-0.25, -0.2) is 0 Å². The van der Waals surface area contributed by atoms with Crippen LogP contribution in [0.1, 0.15) is 29.5 Å². The monoisotopic (exact) mass is 270 g/mol. The molecule has 3 aromatic carbocycles. The second kappa shape index (κ2) is 4.60. The summed E-state index contributed by atoms with van der Waals surface area (Å²) in [5.74, 6) is 0.486. The Morgan fingerprint density at radius 1 is 0.714 bits per heavy atom. The van der Waals surface area contributed by atoms with Crippen LogP contribution in [0.5, 0.6) is 0 Å². The SMILES string of the molecule is Cc1cccc2c1C(C)c1cc(-c3ccccc3)ccc1-2. The van der Waals surface area contributed by atoms with Crippen LogP contribution in [0.3, 0.4) is 0 Å². The van der Waals surface area contributed by atoms with Gasteiger partial charge in [0.2, 0.25) is 0 Å². The van der Waals surface area contributed by atoms with Crippen molar-refractivity contribution < 1.29 is 0 Å². The van der Waals surface area contributed by atoms with Gasteiger partial charge in [-0.15, -0.1) is 0 Å². The van der Waals surface area contributed by atoms with E-state index in [1.54, 1.807) is 0 Å². The zero-order valence-corrected chi connectivity index (χ0v) is 12.4. The van der Waals surface area contributed by atoms with Crippen LogP contribution in [0.15, 0.2) is 66.7 Å². The molecule has 0 nitrogen and oxygen atoms in total. The third kappa shape index (κ3) is 1.83. The molecule has 0 heteroatoms. The highest BCUT2D eigenvalue weighted by Crippen LogP contribution is 2.46. The number of fused-ring (bicyclic) bond motifs is 3. The lowest BCUT2D eigenvalue weighted by Gasteiger charge is -2.10. The lowest BCUT2D eigenvalue weighted by molar-refractivity contribution is 0.944. The Morgan fingerprint density at radius 2 is 1.52 bits per heavy atom. The van der Waals surface area contributed by atoms with Gasteiger partial charge in [0, 0.05) is 5.92 Å². The van der Waals surface area contributed by atoms with E-state index in [0.717, 1.165) is 0 Å². The van der Waals surface area contributed by atoms with Crippen molar-refractivity contribution in [3.63, 3.8) is 0 Å². The van der Waals surface area contributed by atoms with Gasteiger partial charge in [0.1, 0.15) is 0 Å². The van der Waals surface area contributed by atoms with E-state index in [-0.39, 0.29) is 0 Å². The molecule has 0 saturated carbocycles. The molecule has 3 aromatic rings. The minimum atomic E-state index is 0.486. The number of hydrogen-bond donors (Lipinski definition) is 0. The van der Waals surface area contributed by atoms with Gasteiger partial charge >= 0.3 is 0 Å². The summed E-state index contributed by atoms with van der Waals surface area (Å²) in [6.07, 6.45) is 0. The van der Waals surface area contributed by atoms with E-state index in [2.05, 4.69) is 80.6 Å². The fraction of sp³-hybridized carbons (Fsp3) is 0.143. The molecule has 0 spiro atoms. The van der Waals surface area contributed by atoms with Crippen LogP contribution in [0.25, 0.3) is 22.3 Å². The minimum absolute atomic E-state index is 0.486. The third-order valence-corrected chi connectivity index (χ3v) is 4.67. The molecule has 0 aromatic heterocycles. The summed E-state index contributed by atoms with van der Waals surface area (Å²) in [5.41, 5.74) is 9.78. The highest BCUT2D eigenvalue weighted by Gasteiger charge is 2.26. The van der Waals surface area contributed by atoms with Crippen LogP contribution in [-0.4, -0.2) is 0 Å². The van der Waals surface area contributed by atoms with E-state index < -0.39 is 0 Å². The number of rotatable bonds is 1. The first-order chi connectivity index (χ1) is 10.3. The Morgan fingerprint density at radius 3 is 2.33 bits per heavy atom. The van der Waals surface area contributed by atoms with E-state index in [0.29, 0.717) is 5.92 Å². The molecule has 0 aliphatic heterocycles. The summed E-state index contributed by atoms with van der Waals surface area (Å²) in [6, 6.07) is 24.2. The fourth-order valence-electron chi connectivity index (χ4n) is 3.62. The maximum Gasteiger partial charge on any atom is 0.00761 e. The van der Waals surface area contributed by atoms with E-state index >= 15 is 0 Å². The van der Waals surface area contributed by atoms with Crippen LogP contribution in [0.2, 0.25) is 0 Å². The Labute approximate surface area is 126 Å². The maximum absolute atomic E-state index is 2.37. The zero-order valence-electron chi connectivity index (χ0n) is 12.4. The summed E-state index contributed by atoms with van der Waals surface area (Å²) in [4.78, 5) is 0. The van der Waals surface area contributed by atoms with Gasteiger partial charge in [-0.2, -0.15) is 0 Å². The molecule has 0 saturated heterocycles. The van der Waals surface area contributed by atoms with Crippen molar-refractivity contribution in [3.8, 4) is 22.3 Å². The van der Waals surface area contributed by atoms with Gasteiger partial charge in [-0.05, 0) is 51.9 Å². The van der Waals surface area contributed by atoms with Crippen LogP contribution >= 0.6 is 0 Å². The molecule has 1 unspecified atom stereocenters. The first kappa shape index (κ1) is 12.4. The highest BCUT2D eigenvalue weighted by atomic mass is 14.3. The fourth-order valence-corrected chi connectivity index (χ4v) is 3.62. The summed E-state index contributed by atoms with van der Waals surface area (Å²) < 4.78 is 0. The quantitative estimate of drug-likeness (QED) is 0.524. The van der Waals surface area contributed by atoms with E-state index in [1.165, 1.54) is 38.9 Å². The van der Waals surface area contributed by atoms with E-state index in [4.69, 9.17) is 0 Å². The van der Waals surface area contributed by atoms with Crippen molar-refractivity contribution in [1.29, 1.82) is 0 Å². The van der Waals surface area contributed by atoms with Gasteiger partial charge in [0.05, 0.1) is 0 Å². The molecule has 0 N–H and O–H groups in total. The minimum Gasteiger partial charge on any atom is -0.0622 e. The largest absolute Gasteiger partial charge is 0.0622 e. The average molecular weight is 270 g/mol. The maximum atomic E-state index is 2.37. The van der Waals surface area contributed by atoms with Gasteiger partial charge in [0.25, 0.3) is 0 Å². The van der Waals surface area contributed by atoms with Gasteiger partial charge < -0.3 is 0 Å². The van der Waals surface area contributed by atoms with Crippen molar-refractivity contribution in [1.82, 2.24) is 0 Å². The van der Waals surface area contributed by atoms with Gasteiger partial charge in [-0.3, -0.25) is 0 Å². The first-order valence-corrected chi connectivity index (χ1v) is 7.55. The second-order valence-corrected chi connectivity index (χ2v) is 5.93. The van der Waals surface area contributed by atoms with E-state index in [1.807, 2.05) is 0 Å². The zero-order chi connectivity index (χ0) is 14.4. The number of benzene rings is 3. The summed E-state index contributed by atoms with van der Waals surface area (Å²) in [6.45, 7) is 4.55. The predicted octanol–water partition coefficient (Wildman–Crippen LogP) is 5.79. The Hall–Kier alpha value is -2.34. The normalized spacial score (nSPS) is 15.6. The lowest BCUT2D eigenvalue weighted by Crippen LogP contribution is -1.93. The first-order valence-electron chi connectivity index (χ1n) is 7.55. The van der Waals surface area contributed by atoms with Crippen LogP contribution in [-0.2, 0) is 0 Å². The van der Waals surface area contributed by atoms with Crippen molar-refractivity contribution in [2.24, 2.45) is 0 Å². The van der Waals surface area contributed by atoms with Crippen molar-refractivity contribution in [2.45, 2.75) is 19.8 Å². The molecule has 0 heterocycles. The Bertz CT molecular complexity index is 813. The molecule has 0 bridgehead atoms. The van der Waals surface area contributed by atoms with Crippen LogP contribution in [0, 0.1) is 6.92 Å². The summed E-state index contributed by atoms with van der Waals surface area (Å²) in [5, 5.41) is 0. The molecule has 1 aliphatic carbocycles. The topological polar surface area (TPSA) is 0 Å². The molecule has 0 radical (unpaired) electrons. The number of aryl methyl sites for hydroxylation is 1. The van der Waals surface area contributed by atoms with Crippen LogP contribution < -0.4 is 0 Å². The average Bonchev–Trinajstić information content (AvgIpc) is 2.82. The number of hydrogen-bond acceptors (Lipinski definition) is 0. The molecular weight excluding hydrogens is 252 g/mol. The summed E-state index contributed by atoms with van der Waals surface area (Å²) in [7, 11) is 0. The van der Waals surface area contributed by atoms with Gasteiger partial charge in [-0.1, -0.05) is 67.6 Å². The standard InChI is InChI=1S/C21H18/c1-14-7-6-10-19-18-12-11-17(16-8-4-3-5-9-16)13-20(18)15(2)21(14)19/h3-13,15H,1-2H3.